The molecule has 3 aromatic carbocycles. The first-order chi connectivity index (χ1) is 10.4. The highest BCUT2D eigenvalue weighted by Crippen LogP contribution is 2.25. The van der Waals surface area contributed by atoms with Crippen molar-refractivity contribution in [3.05, 3.63) is 66.2 Å². The zero-order valence-corrected chi connectivity index (χ0v) is 12.8. The lowest BCUT2D eigenvalue weighted by Gasteiger charge is -2.08. The Morgan fingerprint density at radius 1 is 0.818 bits per heavy atom. The molecule has 3 rings (SSSR count). The van der Waals surface area contributed by atoms with Gasteiger partial charge in [0.15, 0.2) is 0 Å². The minimum atomic E-state index is -4.19. The highest BCUT2D eigenvalue weighted by molar-refractivity contribution is 7.85. The van der Waals surface area contributed by atoms with Gasteiger partial charge in [0.1, 0.15) is 0 Å². The van der Waals surface area contributed by atoms with E-state index in [0.29, 0.717) is 0 Å². The van der Waals surface area contributed by atoms with Crippen LogP contribution in [0.3, 0.4) is 0 Å². The molecule has 0 radical (unpaired) electrons. The summed E-state index contributed by atoms with van der Waals surface area (Å²) in [7, 11) is -4.19. The SMILES string of the molecule is Cc1ccc(Nc2ccc3ccc(S(=O)(=O)O)cc3c2)cc1. The zero-order chi connectivity index (χ0) is 15.7. The van der Waals surface area contributed by atoms with Crippen molar-refractivity contribution in [3.63, 3.8) is 0 Å². The lowest BCUT2D eigenvalue weighted by Crippen LogP contribution is -1.97. The monoisotopic (exact) mass is 313 g/mol. The van der Waals surface area contributed by atoms with Gasteiger partial charge in [0.2, 0.25) is 0 Å². The average molecular weight is 313 g/mol. The van der Waals surface area contributed by atoms with Gasteiger partial charge in [-0.3, -0.25) is 4.55 Å². The topological polar surface area (TPSA) is 66.4 Å². The van der Waals surface area contributed by atoms with Gasteiger partial charge < -0.3 is 5.32 Å². The summed E-state index contributed by atoms with van der Waals surface area (Å²) < 4.78 is 31.6. The van der Waals surface area contributed by atoms with Crippen LogP contribution in [-0.4, -0.2) is 13.0 Å². The standard InChI is InChI=1S/C17H15NO3S/c1-12-2-6-15(7-3-12)18-16-8-4-13-5-9-17(22(19,20)21)11-14(13)10-16/h2-11,18H,1H3,(H,19,20,21). The van der Waals surface area contributed by atoms with Crippen LogP contribution < -0.4 is 5.32 Å². The summed E-state index contributed by atoms with van der Waals surface area (Å²) in [4.78, 5) is -0.104. The van der Waals surface area contributed by atoms with Crippen LogP contribution in [0.2, 0.25) is 0 Å². The molecular weight excluding hydrogens is 298 g/mol. The Morgan fingerprint density at radius 2 is 1.45 bits per heavy atom. The molecular formula is C17H15NO3S. The molecule has 0 spiro atoms. The summed E-state index contributed by atoms with van der Waals surface area (Å²) in [5.74, 6) is 0. The van der Waals surface area contributed by atoms with E-state index in [1.165, 1.54) is 17.7 Å². The summed E-state index contributed by atoms with van der Waals surface area (Å²) in [5.41, 5.74) is 2.99. The summed E-state index contributed by atoms with van der Waals surface area (Å²) >= 11 is 0. The highest BCUT2D eigenvalue weighted by atomic mass is 32.2. The van der Waals surface area contributed by atoms with Crippen molar-refractivity contribution in [2.75, 3.05) is 5.32 Å². The average Bonchev–Trinajstić information content (AvgIpc) is 2.48. The second kappa shape index (κ2) is 5.44. The molecule has 0 aliphatic heterocycles. The molecule has 0 heterocycles. The van der Waals surface area contributed by atoms with Crippen LogP contribution in [0.4, 0.5) is 11.4 Å². The van der Waals surface area contributed by atoms with Crippen LogP contribution in [0.15, 0.2) is 65.6 Å². The summed E-state index contributed by atoms with van der Waals surface area (Å²) in [6.07, 6.45) is 0. The minimum absolute atomic E-state index is 0.104. The van der Waals surface area contributed by atoms with E-state index in [4.69, 9.17) is 4.55 Å². The van der Waals surface area contributed by atoms with Crippen LogP contribution in [0, 0.1) is 6.92 Å². The van der Waals surface area contributed by atoms with Crippen molar-refractivity contribution in [2.24, 2.45) is 0 Å². The number of benzene rings is 3. The maximum Gasteiger partial charge on any atom is 0.294 e. The van der Waals surface area contributed by atoms with Crippen molar-refractivity contribution in [1.82, 2.24) is 0 Å². The van der Waals surface area contributed by atoms with Gasteiger partial charge in [-0.05, 0) is 54.1 Å². The zero-order valence-electron chi connectivity index (χ0n) is 11.9. The first-order valence-electron chi connectivity index (χ1n) is 6.77. The lowest BCUT2D eigenvalue weighted by molar-refractivity contribution is 0.483. The quantitative estimate of drug-likeness (QED) is 0.713. The third kappa shape index (κ3) is 3.10. The maximum absolute atomic E-state index is 11.2. The maximum atomic E-state index is 11.2. The minimum Gasteiger partial charge on any atom is -0.356 e. The molecule has 5 heteroatoms. The van der Waals surface area contributed by atoms with E-state index < -0.39 is 10.1 Å². The number of anilines is 2. The Labute approximate surface area is 129 Å². The second-order valence-corrected chi connectivity index (χ2v) is 6.61. The third-order valence-corrected chi connectivity index (χ3v) is 4.30. The smallest absolute Gasteiger partial charge is 0.294 e. The van der Waals surface area contributed by atoms with E-state index in [9.17, 15) is 8.42 Å². The largest absolute Gasteiger partial charge is 0.356 e. The summed E-state index contributed by atoms with van der Waals surface area (Å²) in [6.45, 7) is 2.02. The predicted octanol–water partition coefficient (Wildman–Crippen LogP) is 4.14. The van der Waals surface area contributed by atoms with Crippen LogP contribution in [0.1, 0.15) is 5.56 Å². The van der Waals surface area contributed by atoms with Crippen LogP contribution in [0.5, 0.6) is 0 Å². The number of nitrogens with one attached hydrogen (secondary N) is 1. The number of aryl methyl sites for hydroxylation is 1. The van der Waals surface area contributed by atoms with E-state index in [1.54, 1.807) is 6.07 Å². The molecule has 0 aromatic heterocycles. The molecule has 3 aromatic rings. The second-order valence-electron chi connectivity index (χ2n) is 5.19. The molecule has 0 bridgehead atoms. The van der Waals surface area contributed by atoms with Gasteiger partial charge in [0.25, 0.3) is 10.1 Å². The first kappa shape index (κ1) is 14.6. The van der Waals surface area contributed by atoms with Gasteiger partial charge in [-0.25, -0.2) is 0 Å². The molecule has 22 heavy (non-hydrogen) atoms. The van der Waals surface area contributed by atoms with Crippen molar-refractivity contribution in [2.45, 2.75) is 11.8 Å². The van der Waals surface area contributed by atoms with Gasteiger partial charge in [-0.1, -0.05) is 29.8 Å². The predicted molar refractivity (Wildman–Crippen MR) is 88.2 cm³/mol. The Morgan fingerprint density at radius 3 is 2.14 bits per heavy atom. The molecule has 0 saturated carbocycles. The van der Waals surface area contributed by atoms with Crippen molar-refractivity contribution in [1.29, 1.82) is 0 Å². The lowest BCUT2D eigenvalue weighted by atomic mass is 10.1. The number of rotatable bonds is 3. The van der Waals surface area contributed by atoms with Crippen molar-refractivity contribution >= 4 is 32.3 Å². The van der Waals surface area contributed by atoms with Crippen LogP contribution in [-0.2, 0) is 10.1 Å². The molecule has 0 aliphatic rings. The molecule has 0 saturated heterocycles. The molecule has 0 aliphatic carbocycles. The van der Waals surface area contributed by atoms with E-state index >= 15 is 0 Å². The first-order valence-corrected chi connectivity index (χ1v) is 8.21. The van der Waals surface area contributed by atoms with E-state index in [-0.39, 0.29) is 4.90 Å². The van der Waals surface area contributed by atoms with Gasteiger partial charge in [0, 0.05) is 11.4 Å². The van der Waals surface area contributed by atoms with Gasteiger partial charge in [-0.15, -0.1) is 0 Å². The molecule has 4 nitrogen and oxygen atoms in total. The van der Waals surface area contributed by atoms with Gasteiger partial charge >= 0.3 is 0 Å². The fourth-order valence-corrected chi connectivity index (χ4v) is 2.78. The van der Waals surface area contributed by atoms with E-state index in [1.807, 2.05) is 49.4 Å². The normalized spacial score (nSPS) is 11.5. The Bertz CT molecular complexity index is 932. The molecule has 0 atom stereocenters. The van der Waals surface area contributed by atoms with E-state index in [0.717, 1.165) is 22.1 Å². The Balaban J connectivity index is 1.99. The van der Waals surface area contributed by atoms with Crippen LogP contribution in [0.25, 0.3) is 10.8 Å². The molecule has 0 unspecified atom stereocenters. The van der Waals surface area contributed by atoms with Gasteiger partial charge in [-0.2, -0.15) is 8.42 Å². The summed E-state index contributed by atoms with van der Waals surface area (Å²) in [6, 6.07) is 18.2. The molecule has 2 N–H and O–H groups in total. The van der Waals surface area contributed by atoms with Gasteiger partial charge in [0.05, 0.1) is 4.90 Å². The molecule has 0 amide bonds. The van der Waals surface area contributed by atoms with Crippen molar-refractivity contribution < 1.29 is 13.0 Å². The molecule has 0 fully saturated rings. The number of hydrogen-bond acceptors (Lipinski definition) is 3. The fourth-order valence-electron chi connectivity index (χ4n) is 2.27. The highest BCUT2D eigenvalue weighted by Gasteiger charge is 2.09. The van der Waals surface area contributed by atoms with Crippen molar-refractivity contribution in [3.8, 4) is 0 Å². The third-order valence-electron chi connectivity index (χ3n) is 3.45. The number of hydrogen-bond donors (Lipinski definition) is 2. The fraction of sp³-hybridized carbons (Fsp3) is 0.0588. The number of fused-ring (bicyclic) bond motifs is 1. The molecule has 112 valence electrons. The Hall–Kier alpha value is -2.37. The summed E-state index contributed by atoms with van der Waals surface area (Å²) in [5, 5.41) is 4.92. The van der Waals surface area contributed by atoms with E-state index in [2.05, 4.69) is 5.32 Å². The van der Waals surface area contributed by atoms with Crippen LogP contribution >= 0.6 is 0 Å². The Kier molecular flexibility index (Phi) is 3.60.